The van der Waals surface area contributed by atoms with Crippen molar-refractivity contribution in [1.82, 2.24) is 15.1 Å². The first-order valence-electron chi connectivity index (χ1n) is 11.1. The fourth-order valence-electron chi connectivity index (χ4n) is 4.14. The van der Waals surface area contributed by atoms with Crippen LogP contribution in [0.15, 0.2) is 60.7 Å². The van der Waals surface area contributed by atoms with Crippen molar-refractivity contribution in [2.75, 3.05) is 38.2 Å². The van der Waals surface area contributed by atoms with Gasteiger partial charge in [-0.25, -0.2) is 0 Å². The van der Waals surface area contributed by atoms with E-state index >= 15 is 0 Å². The summed E-state index contributed by atoms with van der Waals surface area (Å²) < 4.78 is 17.1. The highest BCUT2D eigenvalue weighted by molar-refractivity contribution is 5.82. The first-order chi connectivity index (χ1) is 16.1. The summed E-state index contributed by atoms with van der Waals surface area (Å²) in [5, 5.41) is 8.80. The van der Waals surface area contributed by atoms with Crippen LogP contribution in [-0.4, -0.2) is 66.5 Å². The van der Waals surface area contributed by atoms with E-state index in [-0.39, 0.29) is 12.0 Å². The minimum absolute atomic E-state index is 0.0439. The summed E-state index contributed by atoms with van der Waals surface area (Å²) >= 11 is 0. The average Bonchev–Trinajstić information content (AvgIpc) is 2.88. The maximum absolute atomic E-state index is 13.1. The maximum Gasteiger partial charge on any atom is 0.267 e. The molecule has 170 valence electrons. The number of rotatable bonds is 4. The topological polar surface area (TPSA) is 77.0 Å². The van der Waals surface area contributed by atoms with Gasteiger partial charge in [0.15, 0.2) is 17.3 Å². The lowest BCUT2D eigenvalue weighted by Gasteiger charge is -2.39. The summed E-state index contributed by atoms with van der Waals surface area (Å²) in [4.78, 5) is 17.1. The van der Waals surface area contributed by atoms with Crippen LogP contribution >= 0.6 is 0 Å². The first-order valence-corrected chi connectivity index (χ1v) is 11.1. The fraction of sp³-hybridized carbons (Fsp3) is 0.320. The lowest BCUT2D eigenvalue weighted by molar-refractivity contribution is -0.144. The third-order valence-corrected chi connectivity index (χ3v) is 6.04. The Kier molecular flexibility index (Phi) is 5.73. The van der Waals surface area contributed by atoms with Crippen molar-refractivity contribution in [1.29, 1.82) is 0 Å². The van der Waals surface area contributed by atoms with Crippen molar-refractivity contribution in [2.45, 2.75) is 19.1 Å². The zero-order valence-electron chi connectivity index (χ0n) is 18.7. The smallest absolute Gasteiger partial charge is 0.267 e. The Hall–Kier alpha value is -3.81. The fourth-order valence-corrected chi connectivity index (χ4v) is 4.14. The largest absolute Gasteiger partial charge is 0.497 e. The second-order valence-corrected chi connectivity index (χ2v) is 8.13. The predicted octanol–water partition coefficient (Wildman–Crippen LogP) is 3.03. The van der Waals surface area contributed by atoms with Gasteiger partial charge in [-0.15, -0.1) is 10.2 Å². The van der Waals surface area contributed by atoms with Crippen molar-refractivity contribution in [2.24, 2.45) is 0 Å². The molecule has 0 aliphatic carbocycles. The van der Waals surface area contributed by atoms with Crippen LogP contribution in [0.5, 0.6) is 17.2 Å². The number of carbonyl (C=O) groups excluding carboxylic acids is 1. The van der Waals surface area contributed by atoms with E-state index in [1.165, 1.54) is 0 Å². The van der Waals surface area contributed by atoms with Crippen LogP contribution < -0.4 is 19.1 Å². The quantitative estimate of drug-likeness (QED) is 0.610. The number of hydrogen-bond donors (Lipinski definition) is 0. The zero-order valence-corrected chi connectivity index (χ0v) is 18.7. The number of nitrogens with zero attached hydrogens (tertiary/aromatic N) is 4. The minimum Gasteiger partial charge on any atom is -0.497 e. The van der Waals surface area contributed by atoms with Crippen molar-refractivity contribution in [3.05, 3.63) is 60.7 Å². The molecule has 2 aromatic carbocycles. The number of carbonyl (C=O) groups is 1. The van der Waals surface area contributed by atoms with E-state index < -0.39 is 6.10 Å². The molecule has 3 aromatic rings. The Morgan fingerprint density at radius 3 is 2.24 bits per heavy atom. The molecular formula is C25H26N4O4. The number of benzene rings is 2. The molecule has 0 spiro atoms. The van der Waals surface area contributed by atoms with Crippen LogP contribution in [-0.2, 0) is 4.79 Å². The van der Waals surface area contributed by atoms with E-state index in [4.69, 9.17) is 14.2 Å². The van der Waals surface area contributed by atoms with Gasteiger partial charge in [0.05, 0.1) is 12.8 Å². The molecule has 2 aliphatic heterocycles. The second kappa shape index (κ2) is 8.97. The number of anilines is 1. The Labute approximate surface area is 192 Å². The molecule has 0 bridgehead atoms. The predicted molar refractivity (Wildman–Crippen MR) is 124 cm³/mol. The molecule has 5 rings (SSSR count). The Balaban J connectivity index is 1.20. The number of ether oxygens (including phenoxy) is 3. The van der Waals surface area contributed by atoms with Gasteiger partial charge in [0.1, 0.15) is 11.9 Å². The van der Waals surface area contributed by atoms with Gasteiger partial charge in [-0.05, 0) is 55.5 Å². The number of fused-ring (bicyclic) bond motifs is 1. The Morgan fingerprint density at radius 1 is 0.909 bits per heavy atom. The van der Waals surface area contributed by atoms with Crippen LogP contribution in [0.3, 0.4) is 0 Å². The summed E-state index contributed by atoms with van der Waals surface area (Å²) in [5.41, 5.74) is 1.79. The van der Waals surface area contributed by atoms with Gasteiger partial charge < -0.3 is 24.0 Å². The van der Waals surface area contributed by atoms with Gasteiger partial charge in [-0.1, -0.05) is 12.1 Å². The summed E-state index contributed by atoms with van der Waals surface area (Å²) in [7, 11) is 1.65. The summed E-state index contributed by atoms with van der Waals surface area (Å²) in [6.07, 6.45) is -0.989. The highest BCUT2D eigenvalue weighted by Crippen LogP contribution is 2.34. The van der Waals surface area contributed by atoms with E-state index in [9.17, 15) is 4.79 Å². The highest BCUT2D eigenvalue weighted by Gasteiger charge is 2.37. The second-order valence-electron chi connectivity index (χ2n) is 8.13. The lowest BCUT2D eigenvalue weighted by Crippen LogP contribution is -2.56. The van der Waals surface area contributed by atoms with Crippen molar-refractivity contribution in [3.63, 3.8) is 0 Å². The van der Waals surface area contributed by atoms with Crippen LogP contribution in [0, 0.1) is 0 Å². The molecule has 8 heteroatoms. The molecule has 0 radical (unpaired) electrons. The monoisotopic (exact) mass is 446 g/mol. The Bertz CT molecular complexity index is 1110. The summed E-state index contributed by atoms with van der Waals surface area (Å²) in [6.45, 7) is 4.42. The zero-order chi connectivity index (χ0) is 22.8. The van der Waals surface area contributed by atoms with E-state index in [1.54, 1.807) is 7.11 Å². The number of para-hydroxylation sites is 2. The summed E-state index contributed by atoms with van der Waals surface area (Å²) in [6, 6.07) is 19.1. The highest BCUT2D eigenvalue weighted by atomic mass is 16.6. The molecule has 2 atom stereocenters. The molecule has 0 saturated carbocycles. The van der Waals surface area contributed by atoms with E-state index in [0.29, 0.717) is 37.7 Å². The van der Waals surface area contributed by atoms with Crippen LogP contribution in [0.4, 0.5) is 5.82 Å². The molecule has 1 aromatic heterocycles. The minimum atomic E-state index is -0.643. The van der Waals surface area contributed by atoms with E-state index in [1.807, 2.05) is 72.5 Å². The molecular weight excluding hydrogens is 420 g/mol. The normalized spacial score (nSPS) is 19.8. The van der Waals surface area contributed by atoms with Gasteiger partial charge in [0.2, 0.25) is 6.10 Å². The molecule has 8 nitrogen and oxygen atoms in total. The maximum atomic E-state index is 13.1. The molecule has 33 heavy (non-hydrogen) atoms. The third kappa shape index (κ3) is 4.28. The number of hydrogen-bond acceptors (Lipinski definition) is 7. The van der Waals surface area contributed by atoms with Gasteiger partial charge in [-0.2, -0.15) is 0 Å². The number of aromatic nitrogens is 2. The molecule has 2 unspecified atom stereocenters. The third-order valence-electron chi connectivity index (χ3n) is 6.04. The van der Waals surface area contributed by atoms with Gasteiger partial charge in [0, 0.05) is 31.7 Å². The van der Waals surface area contributed by atoms with Gasteiger partial charge >= 0.3 is 0 Å². The van der Waals surface area contributed by atoms with E-state index in [2.05, 4.69) is 15.1 Å². The van der Waals surface area contributed by atoms with Crippen LogP contribution in [0.25, 0.3) is 11.3 Å². The first kappa shape index (κ1) is 21.1. The SMILES string of the molecule is COc1ccc(-c2ccc(N3CCN(C(=O)C4Oc5ccccc5OC4C)CC3)nn2)cc1. The van der Waals surface area contributed by atoms with E-state index in [0.717, 1.165) is 22.8 Å². The standard InChI is InChI=1S/C25H26N4O4/c1-17-24(33-22-6-4-3-5-21(22)32-17)25(30)29-15-13-28(14-16-29)23-12-11-20(26-27-23)18-7-9-19(31-2)10-8-18/h3-12,17,24H,13-16H2,1-2H3. The van der Waals surface area contributed by atoms with Crippen molar-refractivity contribution >= 4 is 11.7 Å². The molecule has 2 aliphatic rings. The number of piperazine rings is 1. The molecule has 1 saturated heterocycles. The molecule has 1 amide bonds. The molecule has 0 N–H and O–H groups in total. The van der Waals surface area contributed by atoms with Crippen molar-refractivity contribution in [3.8, 4) is 28.5 Å². The lowest BCUT2D eigenvalue weighted by atomic mass is 10.1. The molecule has 3 heterocycles. The summed E-state index contributed by atoms with van der Waals surface area (Å²) in [5.74, 6) is 2.85. The van der Waals surface area contributed by atoms with Gasteiger partial charge in [-0.3, -0.25) is 4.79 Å². The van der Waals surface area contributed by atoms with Gasteiger partial charge in [0.25, 0.3) is 5.91 Å². The number of methoxy groups -OCH3 is 1. The van der Waals surface area contributed by atoms with Crippen LogP contribution in [0.1, 0.15) is 6.92 Å². The average molecular weight is 447 g/mol. The molecule has 1 fully saturated rings. The Morgan fingerprint density at radius 2 is 1.61 bits per heavy atom. The van der Waals surface area contributed by atoms with Crippen LogP contribution in [0.2, 0.25) is 0 Å². The van der Waals surface area contributed by atoms with Crippen molar-refractivity contribution < 1.29 is 19.0 Å². The number of amides is 1.